The Labute approximate surface area is 156 Å². The Morgan fingerprint density at radius 2 is 1.70 bits per heavy atom. The Bertz CT molecular complexity index is 1340. The summed E-state index contributed by atoms with van der Waals surface area (Å²) in [6.45, 7) is 8.09. The van der Waals surface area contributed by atoms with Gasteiger partial charge in [-0.05, 0) is 41.8 Å². The molecule has 3 heteroatoms. The predicted octanol–water partition coefficient (Wildman–Crippen LogP) is 5.99. The van der Waals surface area contributed by atoms with Gasteiger partial charge >= 0.3 is 0 Å². The second-order valence-corrected chi connectivity index (χ2v) is 6.44. The Hall–Kier alpha value is -3.72. The molecule has 0 aliphatic heterocycles. The van der Waals surface area contributed by atoms with Crippen LogP contribution < -0.4 is 0 Å². The van der Waals surface area contributed by atoms with Gasteiger partial charge in [0, 0.05) is 22.7 Å². The normalized spacial score (nSPS) is 11.3. The third-order valence-corrected chi connectivity index (χ3v) is 4.99. The van der Waals surface area contributed by atoms with Crippen LogP contribution in [0.15, 0.2) is 80.0 Å². The third-order valence-electron chi connectivity index (χ3n) is 4.99. The molecule has 0 unspecified atom stereocenters. The van der Waals surface area contributed by atoms with Crippen LogP contribution >= 0.6 is 0 Å². The topological polar surface area (TPSA) is 30.2 Å². The van der Waals surface area contributed by atoms with Crippen molar-refractivity contribution in [1.82, 2.24) is 14.4 Å². The Balaban J connectivity index is 2.00. The molecule has 0 saturated carbocycles. The van der Waals surface area contributed by atoms with E-state index in [1.54, 1.807) is 0 Å². The quantitative estimate of drug-likeness (QED) is 0.401. The maximum atomic E-state index is 4.92. The first kappa shape index (κ1) is 15.5. The summed E-state index contributed by atoms with van der Waals surface area (Å²) in [4.78, 5) is 9.41. The van der Waals surface area contributed by atoms with Gasteiger partial charge < -0.3 is 0 Å². The van der Waals surface area contributed by atoms with E-state index < -0.39 is 0 Å². The van der Waals surface area contributed by atoms with Crippen LogP contribution in [0.5, 0.6) is 0 Å². The second-order valence-electron chi connectivity index (χ2n) is 6.44. The molecule has 5 aromatic rings. The average Bonchev–Trinajstić information content (AvgIpc) is 3.12. The zero-order valence-electron chi connectivity index (χ0n) is 14.8. The highest BCUT2D eigenvalue weighted by molar-refractivity contribution is 6.05. The number of hydrogen-bond donors (Lipinski definition) is 0. The number of pyridine rings is 2. The van der Waals surface area contributed by atoms with Crippen LogP contribution in [-0.2, 0) is 0 Å². The van der Waals surface area contributed by atoms with Gasteiger partial charge in [-0.1, -0.05) is 49.6 Å². The number of benzene rings is 2. The molecule has 0 bridgehead atoms. The van der Waals surface area contributed by atoms with Crippen molar-refractivity contribution in [1.29, 1.82) is 0 Å². The monoisotopic (exact) mass is 347 g/mol. The molecule has 0 saturated heterocycles. The summed E-state index contributed by atoms with van der Waals surface area (Å²) in [5.41, 5.74) is 7.03. The van der Waals surface area contributed by atoms with E-state index in [1.165, 1.54) is 0 Å². The van der Waals surface area contributed by atoms with Crippen molar-refractivity contribution < 1.29 is 0 Å². The molecule has 3 nitrogen and oxygen atoms in total. The molecule has 0 aliphatic rings. The zero-order valence-corrected chi connectivity index (χ0v) is 14.8. The van der Waals surface area contributed by atoms with Crippen molar-refractivity contribution in [2.45, 2.75) is 0 Å². The fourth-order valence-corrected chi connectivity index (χ4v) is 3.78. The summed E-state index contributed by atoms with van der Waals surface area (Å²) in [6.07, 6.45) is 5.59. The number of imidazole rings is 1. The van der Waals surface area contributed by atoms with Gasteiger partial charge in [0.25, 0.3) is 0 Å². The van der Waals surface area contributed by atoms with Crippen molar-refractivity contribution in [2.75, 3.05) is 0 Å². The number of nitrogens with zero attached hydrogens (tertiary/aromatic N) is 3. The number of aromatic nitrogens is 3. The lowest BCUT2D eigenvalue weighted by molar-refractivity contribution is 1.21. The van der Waals surface area contributed by atoms with Gasteiger partial charge in [0.1, 0.15) is 5.65 Å². The van der Waals surface area contributed by atoms with E-state index in [-0.39, 0.29) is 0 Å². The van der Waals surface area contributed by atoms with Crippen molar-refractivity contribution in [2.24, 2.45) is 0 Å². The second kappa shape index (κ2) is 5.92. The molecule has 0 aliphatic carbocycles. The minimum absolute atomic E-state index is 0.921. The number of para-hydroxylation sites is 2. The first-order valence-electron chi connectivity index (χ1n) is 8.85. The lowest BCUT2D eigenvalue weighted by Crippen LogP contribution is -1.98. The molecule has 3 heterocycles. The summed E-state index contributed by atoms with van der Waals surface area (Å²) < 4.78 is 2.17. The molecular weight excluding hydrogens is 330 g/mol. The molecule has 0 spiro atoms. The first-order chi connectivity index (χ1) is 13.3. The number of hydrogen-bond acceptors (Lipinski definition) is 2. The molecule has 0 atom stereocenters. The summed E-state index contributed by atoms with van der Waals surface area (Å²) in [5, 5.41) is 2.19. The highest BCUT2D eigenvalue weighted by Crippen LogP contribution is 2.34. The summed E-state index contributed by atoms with van der Waals surface area (Å²) in [5.74, 6) is 0. The fourth-order valence-electron chi connectivity index (χ4n) is 3.78. The van der Waals surface area contributed by atoms with Crippen molar-refractivity contribution in [3.05, 3.63) is 91.3 Å². The lowest BCUT2D eigenvalue weighted by Gasteiger charge is -2.13. The zero-order chi connectivity index (χ0) is 18.4. The molecule has 0 N–H and O–H groups in total. The van der Waals surface area contributed by atoms with Crippen molar-refractivity contribution >= 4 is 39.6 Å². The van der Waals surface area contributed by atoms with Crippen LogP contribution in [0.3, 0.4) is 0 Å². The molecule has 0 amide bonds. The first-order valence-corrected chi connectivity index (χ1v) is 8.85. The van der Waals surface area contributed by atoms with Gasteiger partial charge in [0.2, 0.25) is 0 Å². The molecule has 27 heavy (non-hydrogen) atoms. The van der Waals surface area contributed by atoms with E-state index >= 15 is 0 Å². The minimum atomic E-state index is 0.921. The molecule has 128 valence electrons. The Kier molecular flexibility index (Phi) is 3.41. The third kappa shape index (κ3) is 2.22. The lowest BCUT2D eigenvalue weighted by atomic mass is 10.00. The fraction of sp³-hybridized carbons (Fsp3) is 0. The average molecular weight is 347 g/mol. The summed E-state index contributed by atoms with van der Waals surface area (Å²) in [7, 11) is 0. The van der Waals surface area contributed by atoms with Crippen molar-refractivity contribution in [3.8, 4) is 11.3 Å². The maximum absolute atomic E-state index is 4.92. The smallest absolute Gasteiger partial charge is 0.146 e. The van der Waals surface area contributed by atoms with E-state index in [0.29, 0.717) is 0 Å². The van der Waals surface area contributed by atoms with E-state index in [1.807, 2.05) is 54.7 Å². The van der Waals surface area contributed by atoms with Crippen LogP contribution in [-0.4, -0.2) is 14.4 Å². The Morgan fingerprint density at radius 3 is 2.48 bits per heavy atom. The van der Waals surface area contributed by atoms with Crippen LogP contribution in [0.4, 0.5) is 0 Å². The number of rotatable bonds is 3. The molecule has 2 aromatic carbocycles. The van der Waals surface area contributed by atoms with Gasteiger partial charge in [0.05, 0.1) is 22.4 Å². The minimum Gasteiger partial charge on any atom is -0.292 e. The molecule has 0 radical (unpaired) electrons. The van der Waals surface area contributed by atoms with Crippen LogP contribution in [0.25, 0.3) is 50.9 Å². The number of fused-ring (bicyclic) bond motifs is 5. The molecule has 3 aromatic heterocycles. The van der Waals surface area contributed by atoms with Gasteiger partial charge in [-0.2, -0.15) is 0 Å². The van der Waals surface area contributed by atoms with Crippen LogP contribution in [0.1, 0.15) is 11.3 Å². The SMILES string of the molecule is C=Cc1c(C=C)n2c3ccccc3nc2c2cc(-c3ccccn3)ccc12. The van der Waals surface area contributed by atoms with Crippen molar-refractivity contribution in [3.63, 3.8) is 0 Å². The maximum Gasteiger partial charge on any atom is 0.146 e. The van der Waals surface area contributed by atoms with Gasteiger partial charge in [-0.25, -0.2) is 4.98 Å². The molecule has 0 fully saturated rings. The van der Waals surface area contributed by atoms with Crippen LogP contribution in [0, 0.1) is 0 Å². The van der Waals surface area contributed by atoms with E-state index in [0.717, 1.165) is 50.0 Å². The van der Waals surface area contributed by atoms with Gasteiger partial charge in [-0.3, -0.25) is 9.38 Å². The van der Waals surface area contributed by atoms with Gasteiger partial charge in [0.15, 0.2) is 0 Å². The Morgan fingerprint density at radius 1 is 0.852 bits per heavy atom. The largest absolute Gasteiger partial charge is 0.292 e. The molecular formula is C24H17N3. The molecule has 5 rings (SSSR count). The standard InChI is InChI=1S/C24H17N3/c1-3-17-18-13-12-16(20-9-7-8-14-25-20)15-19(18)24-26-21-10-5-6-11-23(21)27(24)22(17)4-2/h3-15H,1-2H2. The van der Waals surface area contributed by atoms with Gasteiger partial charge in [-0.15, -0.1) is 0 Å². The van der Waals surface area contributed by atoms with E-state index in [2.05, 4.69) is 46.8 Å². The van der Waals surface area contributed by atoms with E-state index in [4.69, 9.17) is 4.98 Å². The highest BCUT2D eigenvalue weighted by atomic mass is 15.0. The summed E-state index contributed by atoms with van der Waals surface area (Å²) >= 11 is 0. The highest BCUT2D eigenvalue weighted by Gasteiger charge is 2.16. The van der Waals surface area contributed by atoms with Crippen LogP contribution in [0.2, 0.25) is 0 Å². The summed E-state index contributed by atoms with van der Waals surface area (Å²) in [6, 6.07) is 20.5. The predicted molar refractivity (Wildman–Crippen MR) is 114 cm³/mol. The van der Waals surface area contributed by atoms with E-state index in [9.17, 15) is 0 Å².